The molecule has 1 amide bonds. The van der Waals surface area contributed by atoms with Crippen molar-refractivity contribution in [1.82, 2.24) is 15.5 Å². The van der Waals surface area contributed by atoms with Gasteiger partial charge < -0.3 is 14.6 Å². The molecule has 5 rings (SSSR count). The maximum Gasteiger partial charge on any atom is 0.259 e. The van der Waals surface area contributed by atoms with Crippen LogP contribution in [0.1, 0.15) is 48.7 Å². The van der Waals surface area contributed by atoms with Crippen molar-refractivity contribution in [3.8, 4) is 17.0 Å². The Morgan fingerprint density at radius 2 is 2.13 bits per heavy atom. The lowest BCUT2D eigenvalue weighted by molar-refractivity contribution is 0.0917. The SMILES string of the molecule is COc1cccc(-c2noc3nc(C)cc(C(=O)N[C@@H](C)[C@H]4C[C@H]5CC[C@H]4C5)c23)c1. The van der Waals surface area contributed by atoms with Crippen LogP contribution in [0.5, 0.6) is 5.75 Å². The molecule has 2 fully saturated rings. The van der Waals surface area contributed by atoms with Gasteiger partial charge in [0.2, 0.25) is 0 Å². The zero-order valence-corrected chi connectivity index (χ0v) is 17.6. The number of aryl methyl sites for hydroxylation is 1. The van der Waals surface area contributed by atoms with E-state index in [1.807, 2.05) is 37.3 Å². The van der Waals surface area contributed by atoms with Gasteiger partial charge in [0.25, 0.3) is 11.6 Å². The molecule has 0 radical (unpaired) electrons. The van der Waals surface area contributed by atoms with E-state index < -0.39 is 0 Å². The lowest BCUT2D eigenvalue weighted by Gasteiger charge is -2.28. The number of hydrogen-bond acceptors (Lipinski definition) is 5. The number of nitrogens with one attached hydrogen (secondary N) is 1. The van der Waals surface area contributed by atoms with Crippen molar-refractivity contribution < 1.29 is 14.1 Å². The summed E-state index contributed by atoms with van der Waals surface area (Å²) < 4.78 is 10.9. The number of hydrogen-bond donors (Lipinski definition) is 1. The summed E-state index contributed by atoms with van der Waals surface area (Å²) in [6.07, 6.45) is 5.23. The first-order valence-electron chi connectivity index (χ1n) is 10.8. The number of carbonyl (C=O) groups is 1. The largest absolute Gasteiger partial charge is 0.497 e. The Morgan fingerprint density at radius 1 is 1.27 bits per heavy atom. The van der Waals surface area contributed by atoms with Crippen molar-refractivity contribution >= 4 is 17.0 Å². The molecule has 2 aromatic heterocycles. The molecule has 2 saturated carbocycles. The first kappa shape index (κ1) is 19.1. The molecule has 0 saturated heterocycles. The Hall–Kier alpha value is -2.89. The number of carbonyl (C=O) groups excluding carboxylic acids is 1. The standard InChI is InChI=1S/C24H27N3O3/c1-13-9-20(23(28)26-14(2)19-11-15-7-8-16(19)10-15)21-22(27-30-24(21)25-13)17-5-4-6-18(12-17)29-3/h4-6,9,12,14-16,19H,7-8,10-11H2,1-3H3,(H,26,28)/t14-,15-,16-,19+/m0/s1. The van der Waals surface area contributed by atoms with Crippen molar-refractivity contribution in [2.75, 3.05) is 7.11 Å². The summed E-state index contributed by atoms with van der Waals surface area (Å²) in [4.78, 5) is 17.8. The van der Waals surface area contributed by atoms with E-state index in [-0.39, 0.29) is 11.9 Å². The molecule has 4 atom stereocenters. The number of amides is 1. The lowest BCUT2D eigenvalue weighted by atomic mass is 9.84. The third-order valence-electron chi connectivity index (χ3n) is 6.96. The third-order valence-corrected chi connectivity index (χ3v) is 6.96. The van der Waals surface area contributed by atoms with E-state index in [0.29, 0.717) is 28.3 Å². The monoisotopic (exact) mass is 405 g/mol. The predicted molar refractivity (Wildman–Crippen MR) is 114 cm³/mol. The number of aromatic nitrogens is 2. The van der Waals surface area contributed by atoms with Gasteiger partial charge in [-0.15, -0.1) is 0 Å². The second-order valence-electron chi connectivity index (χ2n) is 8.86. The molecular formula is C24H27N3O3. The summed E-state index contributed by atoms with van der Waals surface area (Å²) >= 11 is 0. The molecular weight excluding hydrogens is 378 g/mol. The number of benzene rings is 1. The van der Waals surface area contributed by atoms with Crippen molar-refractivity contribution in [3.05, 3.63) is 41.6 Å². The molecule has 156 valence electrons. The first-order chi connectivity index (χ1) is 14.5. The van der Waals surface area contributed by atoms with Gasteiger partial charge in [0, 0.05) is 17.3 Å². The molecule has 2 aliphatic carbocycles. The molecule has 3 aromatic rings. The molecule has 0 spiro atoms. The van der Waals surface area contributed by atoms with Gasteiger partial charge in [-0.3, -0.25) is 4.79 Å². The Bertz CT molecular complexity index is 1110. The molecule has 0 aliphatic heterocycles. The van der Waals surface area contributed by atoms with Crippen LogP contribution in [0.2, 0.25) is 0 Å². The minimum absolute atomic E-state index is 0.0897. The molecule has 1 aromatic carbocycles. The highest BCUT2D eigenvalue weighted by Gasteiger charge is 2.42. The maximum atomic E-state index is 13.4. The summed E-state index contributed by atoms with van der Waals surface area (Å²) in [6.45, 7) is 4.01. The van der Waals surface area contributed by atoms with Crippen molar-refractivity contribution in [2.45, 2.75) is 45.6 Å². The summed E-state index contributed by atoms with van der Waals surface area (Å²) in [5.41, 5.74) is 3.11. The van der Waals surface area contributed by atoms with E-state index >= 15 is 0 Å². The Labute approximate surface area is 176 Å². The molecule has 2 heterocycles. The minimum atomic E-state index is -0.0897. The average Bonchev–Trinajstić information content (AvgIpc) is 3.48. The molecule has 6 nitrogen and oxygen atoms in total. The second kappa shape index (κ2) is 7.42. The maximum absolute atomic E-state index is 13.4. The topological polar surface area (TPSA) is 77.2 Å². The van der Waals surface area contributed by atoms with Crippen LogP contribution >= 0.6 is 0 Å². The number of nitrogens with zero attached hydrogens (tertiary/aromatic N) is 2. The average molecular weight is 405 g/mol. The number of fused-ring (bicyclic) bond motifs is 3. The second-order valence-corrected chi connectivity index (χ2v) is 8.86. The zero-order chi connectivity index (χ0) is 20.8. The van der Waals surface area contributed by atoms with Crippen LogP contribution in [-0.2, 0) is 0 Å². The van der Waals surface area contributed by atoms with Crippen molar-refractivity contribution in [3.63, 3.8) is 0 Å². The number of ether oxygens (including phenoxy) is 1. The molecule has 0 unspecified atom stereocenters. The van der Waals surface area contributed by atoms with E-state index in [2.05, 4.69) is 22.4 Å². The van der Waals surface area contributed by atoms with Gasteiger partial charge in [0.05, 0.1) is 18.1 Å². The van der Waals surface area contributed by atoms with Gasteiger partial charge in [0.15, 0.2) is 0 Å². The van der Waals surface area contributed by atoms with Crippen LogP contribution < -0.4 is 10.1 Å². The molecule has 2 bridgehead atoms. The van der Waals surface area contributed by atoms with E-state index in [9.17, 15) is 4.79 Å². The molecule has 6 heteroatoms. The normalized spacial score (nSPS) is 23.6. The number of rotatable bonds is 5. The van der Waals surface area contributed by atoms with Crippen LogP contribution in [0.3, 0.4) is 0 Å². The van der Waals surface area contributed by atoms with Gasteiger partial charge in [-0.25, -0.2) is 4.98 Å². The van der Waals surface area contributed by atoms with E-state index in [0.717, 1.165) is 28.8 Å². The van der Waals surface area contributed by atoms with Gasteiger partial charge in [-0.05, 0) is 69.1 Å². The van der Waals surface area contributed by atoms with Crippen molar-refractivity contribution in [2.24, 2.45) is 17.8 Å². The van der Waals surface area contributed by atoms with E-state index in [4.69, 9.17) is 9.26 Å². The highest BCUT2D eigenvalue weighted by atomic mass is 16.5. The van der Waals surface area contributed by atoms with Gasteiger partial charge in [-0.1, -0.05) is 23.7 Å². The predicted octanol–water partition coefficient (Wildman–Crippen LogP) is 4.76. The van der Waals surface area contributed by atoms with Crippen LogP contribution in [0.4, 0.5) is 0 Å². The van der Waals surface area contributed by atoms with Crippen LogP contribution in [0.25, 0.3) is 22.4 Å². The third kappa shape index (κ3) is 3.24. The smallest absolute Gasteiger partial charge is 0.259 e. The highest BCUT2D eigenvalue weighted by Crippen LogP contribution is 2.49. The fourth-order valence-electron chi connectivity index (χ4n) is 5.52. The summed E-state index contributed by atoms with van der Waals surface area (Å²) in [5, 5.41) is 8.16. The molecule has 2 aliphatic rings. The quantitative estimate of drug-likeness (QED) is 0.662. The highest BCUT2D eigenvalue weighted by molar-refractivity contribution is 6.09. The fraction of sp³-hybridized carbons (Fsp3) is 0.458. The minimum Gasteiger partial charge on any atom is -0.497 e. The Balaban J connectivity index is 1.50. The van der Waals surface area contributed by atoms with Crippen LogP contribution in [-0.4, -0.2) is 29.2 Å². The lowest BCUT2D eigenvalue weighted by Crippen LogP contribution is -2.40. The Kier molecular flexibility index (Phi) is 4.72. The van der Waals surface area contributed by atoms with Crippen LogP contribution in [0.15, 0.2) is 34.9 Å². The van der Waals surface area contributed by atoms with Gasteiger partial charge in [-0.2, -0.15) is 0 Å². The number of pyridine rings is 1. The van der Waals surface area contributed by atoms with E-state index in [1.54, 1.807) is 7.11 Å². The van der Waals surface area contributed by atoms with E-state index in [1.165, 1.54) is 25.7 Å². The van der Waals surface area contributed by atoms with Gasteiger partial charge >= 0.3 is 0 Å². The fourth-order valence-corrected chi connectivity index (χ4v) is 5.52. The molecule has 1 N–H and O–H groups in total. The first-order valence-corrected chi connectivity index (χ1v) is 10.8. The van der Waals surface area contributed by atoms with Crippen LogP contribution in [0, 0.1) is 24.7 Å². The summed E-state index contributed by atoms with van der Waals surface area (Å²) in [7, 11) is 1.63. The summed E-state index contributed by atoms with van der Waals surface area (Å²) in [5.74, 6) is 2.82. The Morgan fingerprint density at radius 3 is 2.87 bits per heavy atom. The molecule has 30 heavy (non-hydrogen) atoms. The number of methoxy groups -OCH3 is 1. The summed E-state index contributed by atoms with van der Waals surface area (Å²) in [6, 6.07) is 9.56. The zero-order valence-electron chi connectivity index (χ0n) is 17.6. The van der Waals surface area contributed by atoms with Gasteiger partial charge in [0.1, 0.15) is 11.4 Å². The van der Waals surface area contributed by atoms with Crippen molar-refractivity contribution in [1.29, 1.82) is 0 Å².